The van der Waals surface area contributed by atoms with Crippen LogP contribution in [0.5, 0.6) is 0 Å². The van der Waals surface area contributed by atoms with Gasteiger partial charge in [0.25, 0.3) is 0 Å². The molecular weight excluding hydrogens is 648 g/mol. The Hall–Kier alpha value is 0.766. The first-order chi connectivity index (χ1) is 23.6. The second-order valence-electron chi connectivity index (χ2n) is 15.2. The van der Waals surface area contributed by atoms with E-state index in [0.29, 0.717) is 12.0 Å². The summed E-state index contributed by atoms with van der Waals surface area (Å²) in [5.41, 5.74) is 0.675. The second-order valence-corrected chi connectivity index (χ2v) is 16.5. The van der Waals surface area contributed by atoms with Crippen molar-refractivity contribution < 1.29 is 64.4 Å². The zero-order valence-corrected chi connectivity index (χ0v) is 37.0. The molecule has 0 unspecified atom stereocenters. The van der Waals surface area contributed by atoms with E-state index < -0.39 is 10.1 Å². The molecule has 0 aliphatic heterocycles. The summed E-state index contributed by atoms with van der Waals surface area (Å²) in [4.78, 5) is -0.0405. The fourth-order valence-electron chi connectivity index (χ4n) is 7.35. The Morgan fingerprint density at radius 2 is 0.612 bits per heavy atom. The summed E-state index contributed by atoms with van der Waals surface area (Å²) < 4.78 is 34.2. The van der Waals surface area contributed by atoms with Crippen molar-refractivity contribution in [1.82, 2.24) is 0 Å². The first kappa shape index (κ1) is 49.8. The molecule has 1 rings (SSSR count). The maximum Gasteiger partial charge on any atom is 1.00 e. The minimum atomic E-state index is -4.37. The summed E-state index contributed by atoms with van der Waals surface area (Å²) in [5, 5.41) is 0. The van der Waals surface area contributed by atoms with Crippen LogP contribution in [0.25, 0.3) is 0 Å². The molecule has 49 heavy (non-hydrogen) atoms. The van der Waals surface area contributed by atoms with Gasteiger partial charge in [-0.25, -0.2) is 8.42 Å². The number of unbranched alkanes of at least 4 members (excludes halogenated alkanes) is 35. The average molecular weight is 729 g/mol. The normalized spacial score (nSPS) is 11.6. The van der Waals surface area contributed by atoms with Crippen LogP contribution in [0.3, 0.4) is 0 Å². The van der Waals surface area contributed by atoms with Crippen LogP contribution in [0.2, 0.25) is 0 Å². The molecule has 0 fully saturated rings. The van der Waals surface area contributed by atoms with Crippen molar-refractivity contribution in [3.05, 3.63) is 29.8 Å². The zero-order valence-electron chi connectivity index (χ0n) is 33.1. The van der Waals surface area contributed by atoms with E-state index in [9.17, 15) is 13.0 Å². The van der Waals surface area contributed by atoms with Crippen LogP contribution in [-0.2, 0) is 16.5 Å². The Balaban J connectivity index is 0.0000230. The van der Waals surface area contributed by atoms with E-state index >= 15 is 0 Å². The molecule has 0 N–H and O–H groups in total. The van der Waals surface area contributed by atoms with Gasteiger partial charge in [-0.1, -0.05) is 250 Å². The van der Waals surface area contributed by atoms with E-state index in [1.807, 2.05) is 6.07 Å². The quantitative estimate of drug-likeness (QED) is 0.0387. The van der Waals surface area contributed by atoms with E-state index in [2.05, 4.69) is 6.92 Å². The van der Waals surface area contributed by atoms with Crippen molar-refractivity contribution in [2.75, 3.05) is 0 Å². The van der Waals surface area contributed by atoms with Gasteiger partial charge in [-0.15, -0.1) is 0 Å². The molecule has 0 amide bonds. The van der Waals surface area contributed by atoms with Crippen molar-refractivity contribution in [3.63, 3.8) is 0 Å². The van der Waals surface area contributed by atoms with Gasteiger partial charge in [0.1, 0.15) is 10.1 Å². The molecule has 0 saturated heterocycles. The van der Waals surface area contributed by atoms with Crippen LogP contribution >= 0.6 is 0 Å². The van der Waals surface area contributed by atoms with Crippen LogP contribution < -0.4 is 51.4 Å². The molecule has 0 radical (unpaired) electrons. The molecular formula is C44H81KO3S. The molecule has 0 aliphatic carbocycles. The molecule has 5 heteroatoms. The molecule has 0 saturated carbocycles. The summed E-state index contributed by atoms with van der Waals surface area (Å²) in [7, 11) is -4.37. The molecule has 0 atom stereocenters. The minimum Gasteiger partial charge on any atom is -0.744 e. The molecule has 1 aromatic rings. The number of aryl methyl sites for hydroxylation is 1. The Bertz CT molecular complexity index is 903. The van der Waals surface area contributed by atoms with Crippen LogP contribution in [0.1, 0.15) is 244 Å². The largest absolute Gasteiger partial charge is 1.00 e. The van der Waals surface area contributed by atoms with Gasteiger partial charge in [0.15, 0.2) is 0 Å². The van der Waals surface area contributed by atoms with Crippen molar-refractivity contribution in [1.29, 1.82) is 0 Å². The van der Waals surface area contributed by atoms with Crippen LogP contribution in [-0.4, -0.2) is 13.0 Å². The Kier molecular flexibility index (Phi) is 39.1. The Morgan fingerprint density at radius 3 is 0.857 bits per heavy atom. The maximum absolute atomic E-state index is 11.4. The van der Waals surface area contributed by atoms with E-state index in [1.165, 1.54) is 224 Å². The molecule has 0 spiro atoms. The number of benzene rings is 1. The van der Waals surface area contributed by atoms with Gasteiger partial charge in [0, 0.05) is 0 Å². The third-order valence-corrected chi connectivity index (χ3v) is 11.5. The molecule has 1 aromatic carbocycles. The van der Waals surface area contributed by atoms with Crippen molar-refractivity contribution in [2.45, 2.75) is 249 Å². The maximum atomic E-state index is 11.4. The van der Waals surface area contributed by atoms with Gasteiger partial charge in [-0.05, 0) is 24.5 Å². The first-order valence-corrected chi connectivity index (χ1v) is 23.0. The van der Waals surface area contributed by atoms with Crippen LogP contribution in [0, 0.1) is 0 Å². The minimum absolute atomic E-state index is 0. The van der Waals surface area contributed by atoms with Gasteiger partial charge in [0.05, 0.1) is 4.90 Å². The Labute approximate surface area is 350 Å². The second kappa shape index (κ2) is 38.5. The van der Waals surface area contributed by atoms with E-state index in [4.69, 9.17) is 0 Å². The molecule has 282 valence electrons. The third kappa shape index (κ3) is 34.3. The van der Waals surface area contributed by atoms with E-state index in [1.54, 1.807) is 12.1 Å². The number of rotatable bonds is 38. The Morgan fingerprint density at radius 1 is 0.388 bits per heavy atom. The van der Waals surface area contributed by atoms with Crippen LogP contribution in [0.4, 0.5) is 0 Å². The fraction of sp³-hybridized carbons (Fsp3) is 0.864. The van der Waals surface area contributed by atoms with Gasteiger partial charge < -0.3 is 4.55 Å². The monoisotopic (exact) mass is 729 g/mol. The van der Waals surface area contributed by atoms with Crippen molar-refractivity contribution in [3.8, 4) is 0 Å². The summed E-state index contributed by atoms with van der Waals surface area (Å²) in [6, 6.07) is 6.64. The fourth-order valence-corrected chi connectivity index (χ4v) is 8.09. The SMILES string of the molecule is CCCCCCCCCCCCCCCCCCCCCCCCCCCCCCCCCCCCCCc1ccccc1S(=O)(=O)[O-].[K+]. The molecule has 3 nitrogen and oxygen atoms in total. The summed E-state index contributed by atoms with van der Waals surface area (Å²) >= 11 is 0. The molecule has 0 bridgehead atoms. The van der Waals surface area contributed by atoms with Gasteiger partial charge in [-0.3, -0.25) is 0 Å². The van der Waals surface area contributed by atoms with Gasteiger partial charge >= 0.3 is 51.4 Å². The van der Waals surface area contributed by atoms with E-state index in [0.717, 1.165) is 12.8 Å². The zero-order chi connectivity index (χ0) is 34.6. The van der Waals surface area contributed by atoms with E-state index in [-0.39, 0.29) is 56.3 Å². The van der Waals surface area contributed by atoms with Gasteiger partial charge in [-0.2, -0.15) is 0 Å². The smallest absolute Gasteiger partial charge is 0.744 e. The van der Waals surface area contributed by atoms with Crippen LogP contribution in [0.15, 0.2) is 29.2 Å². The average Bonchev–Trinajstić information content (AvgIpc) is 3.08. The molecule has 0 aliphatic rings. The molecule has 0 heterocycles. The topological polar surface area (TPSA) is 57.2 Å². The van der Waals surface area contributed by atoms with Crippen molar-refractivity contribution >= 4 is 10.1 Å². The number of hydrogen-bond acceptors (Lipinski definition) is 3. The number of hydrogen-bond donors (Lipinski definition) is 0. The third-order valence-electron chi connectivity index (χ3n) is 10.5. The standard InChI is InChI=1S/C44H82O3S.K/c1-2-3-4-5-6-7-8-9-10-11-12-13-14-15-16-17-18-19-20-21-22-23-24-25-26-27-28-29-30-31-32-33-34-35-36-37-40-43-41-38-39-42-44(43)48(45,46)47;/h38-39,41-42H,2-37,40H2,1H3,(H,45,46,47);/q;+1/p-1. The molecule has 0 aromatic heterocycles. The van der Waals surface area contributed by atoms with Crippen molar-refractivity contribution in [2.24, 2.45) is 0 Å². The summed E-state index contributed by atoms with van der Waals surface area (Å²) in [5.74, 6) is 0. The van der Waals surface area contributed by atoms with Gasteiger partial charge in [0.2, 0.25) is 0 Å². The summed E-state index contributed by atoms with van der Waals surface area (Å²) in [6.07, 6.45) is 51.4. The first-order valence-electron chi connectivity index (χ1n) is 21.6. The predicted octanol–water partition coefficient (Wildman–Crippen LogP) is 12.2. The predicted molar refractivity (Wildman–Crippen MR) is 210 cm³/mol. The summed E-state index contributed by atoms with van der Waals surface area (Å²) in [6.45, 7) is 2.30.